The fourth-order valence-electron chi connectivity index (χ4n) is 5.72. The molecule has 0 bridgehead atoms. The summed E-state index contributed by atoms with van der Waals surface area (Å²) in [6, 6.07) is 13.2. The van der Waals surface area contributed by atoms with Crippen LogP contribution in [0.4, 0.5) is 19.4 Å². The summed E-state index contributed by atoms with van der Waals surface area (Å²) >= 11 is 8.18. The normalized spacial score (nSPS) is 16.8. The SMILES string of the molecule is CS(=O)(=O)C[C@@H]1CN(c2nc(=O)n3c4c(c(-c5ccc(F)cc5F)c(Cl)cc24)SCC3)CCN1C(=O)OCc1ccccc1. The van der Waals surface area contributed by atoms with Gasteiger partial charge in [-0.2, -0.15) is 4.98 Å². The van der Waals surface area contributed by atoms with E-state index in [4.69, 9.17) is 16.3 Å². The number of sulfone groups is 1. The van der Waals surface area contributed by atoms with Crippen LogP contribution in [-0.4, -0.2) is 72.4 Å². The van der Waals surface area contributed by atoms with E-state index in [1.807, 2.05) is 30.3 Å². The number of hydrogen-bond donors (Lipinski definition) is 0. The summed E-state index contributed by atoms with van der Waals surface area (Å²) in [5.41, 5.74) is 1.25. The molecule has 3 heterocycles. The minimum absolute atomic E-state index is 0.0336. The van der Waals surface area contributed by atoms with E-state index >= 15 is 0 Å². The van der Waals surface area contributed by atoms with Gasteiger partial charge in [-0.05, 0) is 23.8 Å². The number of carbonyl (C=O) groups is 1. The molecule has 3 aromatic carbocycles. The number of nitrogens with zero attached hydrogens (tertiary/aromatic N) is 4. The van der Waals surface area contributed by atoms with E-state index < -0.39 is 39.3 Å². The Balaban J connectivity index is 1.39. The van der Waals surface area contributed by atoms with Crippen molar-refractivity contribution < 1.29 is 26.7 Å². The van der Waals surface area contributed by atoms with Gasteiger partial charge in [0.15, 0.2) is 0 Å². The standard InChI is InChI=1S/C30H27ClF2N4O5S2/c1-44(40,41)17-20-15-35(9-10-36(20)30(39)42-16-18-5-3-2-4-6-18)28-22-14-23(31)25(21-8-7-19(32)13-24(21)33)27-26(22)37(11-12-43-27)29(38)34-28/h2-8,13-14,20H,9-12,15-17H2,1H3/t20-/m0/s1. The third-order valence-electron chi connectivity index (χ3n) is 7.63. The van der Waals surface area contributed by atoms with Gasteiger partial charge in [0.2, 0.25) is 0 Å². The van der Waals surface area contributed by atoms with Gasteiger partial charge in [0.05, 0.1) is 22.3 Å². The van der Waals surface area contributed by atoms with Gasteiger partial charge >= 0.3 is 11.8 Å². The third-order valence-corrected chi connectivity index (χ3v) is 9.99. The van der Waals surface area contributed by atoms with Gasteiger partial charge < -0.3 is 14.5 Å². The van der Waals surface area contributed by atoms with E-state index in [0.29, 0.717) is 33.7 Å². The average molecular weight is 661 g/mol. The van der Waals surface area contributed by atoms with Crippen LogP contribution in [0.15, 0.2) is 64.3 Å². The van der Waals surface area contributed by atoms with Crippen molar-refractivity contribution in [3.8, 4) is 11.1 Å². The first-order valence-electron chi connectivity index (χ1n) is 13.8. The quantitative estimate of drug-likeness (QED) is 0.286. The van der Waals surface area contributed by atoms with Crippen LogP contribution < -0.4 is 10.6 Å². The molecular formula is C30H27ClF2N4O5S2. The highest BCUT2D eigenvalue weighted by molar-refractivity contribution is 7.99. The number of carbonyl (C=O) groups excluding carboxylic acids is 1. The van der Waals surface area contributed by atoms with Crippen LogP contribution >= 0.6 is 23.4 Å². The highest BCUT2D eigenvalue weighted by atomic mass is 35.5. The minimum Gasteiger partial charge on any atom is -0.445 e. The molecule has 6 rings (SSSR count). The predicted molar refractivity (Wildman–Crippen MR) is 166 cm³/mol. The molecule has 9 nitrogen and oxygen atoms in total. The van der Waals surface area contributed by atoms with Crippen molar-refractivity contribution >= 4 is 56.0 Å². The summed E-state index contributed by atoms with van der Waals surface area (Å²) in [6.07, 6.45) is 0.456. The molecule has 14 heteroatoms. The number of hydrogen-bond acceptors (Lipinski definition) is 8. The first kappa shape index (κ1) is 30.4. The van der Waals surface area contributed by atoms with Gasteiger partial charge in [0.1, 0.15) is 33.9 Å². The largest absolute Gasteiger partial charge is 0.445 e. The summed E-state index contributed by atoms with van der Waals surface area (Å²) in [4.78, 5) is 34.6. The molecule has 0 aliphatic carbocycles. The molecule has 1 fully saturated rings. The van der Waals surface area contributed by atoms with Gasteiger partial charge in [0.25, 0.3) is 0 Å². The highest BCUT2D eigenvalue weighted by Crippen LogP contribution is 2.46. The van der Waals surface area contributed by atoms with E-state index in [1.54, 1.807) is 11.0 Å². The molecule has 0 radical (unpaired) electrons. The van der Waals surface area contributed by atoms with Crippen molar-refractivity contribution in [3.05, 3.63) is 87.3 Å². The van der Waals surface area contributed by atoms with Crippen LogP contribution in [-0.2, 0) is 27.7 Å². The minimum atomic E-state index is -3.52. The second-order valence-corrected chi connectivity index (χ2v) is 14.4. The second kappa shape index (κ2) is 12.0. The van der Waals surface area contributed by atoms with E-state index in [0.717, 1.165) is 24.0 Å². The molecule has 0 saturated carbocycles. The Morgan fingerprint density at radius 2 is 1.89 bits per heavy atom. The Bertz CT molecular complexity index is 1940. The lowest BCUT2D eigenvalue weighted by Crippen LogP contribution is -2.58. The summed E-state index contributed by atoms with van der Waals surface area (Å²) in [6.45, 7) is 0.819. The zero-order valence-electron chi connectivity index (χ0n) is 23.5. The van der Waals surface area contributed by atoms with E-state index in [1.165, 1.54) is 27.3 Å². The maximum absolute atomic E-state index is 14.9. The molecule has 1 aromatic heterocycles. The number of aromatic nitrogens is 2. The topological polar surface area (TPSA) is 102 Å². The zero-order chi connectivity index (χ0) is 31.2. The highest BCUT2D eigenvalue weighted by Gasteiger charge is 2.36. The number of anilines is 1. The molecule has 1 atom stereocenters. The Labute approximate surface area is 261 Å². The lowest BCUT2D eigenvalue weighted by Gasteiger charge is -2.41. The summed E-state index contributed by atoms with van der Waals surface area (Å²) < 4.78 is 60.5. The maximum Gasteiger partial charge on any atom is 0.410 e. The molecule has 2 aliphatic heterocycles. The summed E-state index contributed by atoms with van der Waals surface area (Å²) in [5, 5.41) is 0.720. The van der Waals surface area contributed by atoms with E-state index in [9.17, 15) is 26.8 Å². The van der Waals surface area contributed by atoms with Crippen LogP contribution in [0.3, 0.4) is 0 Å². The van der Waals surface area contributed by atoms with Crippen molar-refractivity contribution in [2.45, 2.75) is 24.1 Å². The molecule has 230 valence electrons. The Kier molecular flexibility index (Phi) is 8.29. The fourth-order valence-corrected chi connectivity index (χ4v) is 8.26. The Morgan fingerprint density at radius 3 is 2.61 bits per heavy atom. The first-order chi connectivity index (χ1) is 21.0. The summed E-state index contributed by atoms with van der Waals surface area (Å²) in [5.74, 6) is -1.03. The molecule has 0 N–H and O–H groups in total. The number of ether oxygens (including phenoxy) is 1. The van der Waals surface area contributed by atoms with Crippen molar-refractivity contribution in [2.75, 3.05) is 42.3 Å². The average Bonchev–Trinajstić information content (AvgIpc) is 2.98. The number of rotatable bonds is 6. The zero-order valence-corrected chi connectivity index (χ0v) is 25.9. The molecule has 4 aromatic rings. The van der Waals surface area contributed by atoms with Crippen molar-refractivity contribution in [2.24, 2.45) is 0 Å². The lowest BCUT2D eigenvalue weighted by molar-refractivity contribution is 0.0800. The number of benzene rings is 3. The van der Waals surface area contributed by atoms with Crippen LogP contribution in [0.2, 0.25) is 5.02 Å². The number of piperazine rings is 1. The summed E-state index contributed by atoms with van der Waals surface area (Å²) in [7, 11) is -3.52. The van der Waals surface area contributed by atoms with Gasteiger partial charge in [0, 0.05) is 65.7 Å². The molecule has 0 unspecified atom stereocenters. The van der Waals surface area contributed by atoms with Gasteiger partial charge in [-0.15, -0.1) is 11.8 Å². The first-order valence-corrected chi connectivity index (χ1v) is 17.2. The maximum atomic E-state index is 14.9. The molecule has 44 heavy (non-hydrogen) atoms. The van der Waals surface area contributed by atoms with Gasteiger partial charge in [-0.25, -0.2) is 26.8 Å². The van der Waals surface area contributed by atoms with Gasteiger partial charge in [-0.3, -0.25) is 4.57 Å². The molecule has 0 spiro atoms. The Hall–Kier alpha value is -3.68. The second-order valence-electron chi connectivity index (χ2n) is 10.7. The number of halogens is 3. The van der Waals surface area contributed by atoms with Crippen LogP contribution in [0, 0.1) is 11.6 Å². The van der Waals surface area contributed by atoms with E-state index in [2.05, 4.69) is 4.98 Å². The number of aryl methyl sites for hydroxylation is 1. The molecular weight excluding hydrogens is 634 g/mol. The number of thioether (sulfide) groups is 1. The van der Waals surface area contributed by atoms with E-state index in [-0.39, 0.29) is 48.4 Å². The smallest absolute Gasteiger partial charge is 0.410 e. The number of amides is 1. The van der Waals surface area contributed by atoms with Crippen LogP contribution in [0.25, 0.3) is 22.0 Å². The molecule has 1 amide bonds. The van der Waals surface area contributed by atoms with Crippen LogP contribution in [0.1, 0.15) is 5.56 Å². The molecule has 2 aliphatic rings. The predicted octanol–water partition coefficient (Wildman–Crippen LogP) is 4.97. The lowest BCUT2D eigenvalue weighted by atomic mass is 10.0. The van der Waals surface area contributed by atoms with Crippen molar-refractivity contribution in [3.63, 3.8) is 0 Å². The van der Waals surface area contributed by atoms with Crippen molar-refractivity contribution in [1.82, 2.24) is 14.5 Å². The third kappa shape index (κ3) is 6.00. The molecule has 1 saturated heterocycles. The Morgan fingerprint density at radius 1 is 1.11 bits per heavy atom. The van der Waals surface area contributed by atoms with Gasteiger partial charge in [-0.1, -0.05) is 41.9 Å². The fraction of sp³-hybridized carbons (Fsp3) is 0.300. The van der Waals surface area contributed by atoms with Crippen LogP contribution in [0.5, 0.6) is 0 Å². The monoisotopic (exact) mass is 660 g/mol. The van der Waals surface area contributed by atoms with Crippen molar-refractivity contribution in [1.29, 1.82) is 0 Å².